The minimum absolute atomic E-state index is 0.245. The first-order valence-electron chi connectivity index (χ1n) is 6.10. The van der Waals surface area contributed by atoms with E-state index in [1.165, 1.54) is 6.92 Å². The van der Waals surface area contributed by atoms with Crippen molar-refractivity contribution in [1.82, 2.24) is 16.0 Å². The van der Waals surface area contributed by atoms with Gasteiger partial charge in [0.25, 0.3) is 5.91 Å². The van der Waals surface area contributed by atoms with Crippen molar-refractivity contribution < 1.29 is 9.59 Å². The Hall–Kier alpha value is -2.14. The van der Waals surface area contributed by atoms with Crippen molar-refractivity contribution in [2.24, 2.45) is 0 Å². The fourth-order valence-corrected chi connectivity index (χ4v) is 1.46. The Morgan fingerprint density at radius 3 is 2.42 bits per heavy atom. The summed E-state index contributed by atoms with van der Waals surface area (Å²) in [6.07, 6.45) is 1.65. The van der Waals surface area contributed by atoms with Crippen LogP contribution in [0.15, 0.2) is 36.0 Å². The molecule has 3 N–H and O–H groups in total. The van der Waals surface area contributed by atoms with Gasteiger partial charge in [0.2, 0.25) is 5.91 Å². The van der Waals surface area contributed by atoms with E-state index in [2.05, 4.69) is 16.0 Å². The lowest BCUT2D eigenvalue weighted by Crippen LogP contribution is -2.36. The van der Waals surface area contributed by atoms with E-state index in [0.717, 1.165) is 5.56 Å². The first kappa shape index (κ1) is 14.9. The Morgan fingerprint density at radius 2 is 1.84 bits per heavy atom. The fraction of sp³-hybridized carbons (Fsp3) is 0.286. The van der Waals surface area contributed by atoms with Crippen molar-refractivity contribution in [3.63, 3.8) is 0 Å². The molecule has 0 saturated heterocycles. The summed E-state index contributed by atoms with van der Waals surface area (Å²) in [6, 6.07) is 9.36. The number of likely N-dealkylation sites (N-methyl/N-ethyl adjacent to an activating group) is 1. The number of carbonyl (C=O) groups excluding carboxylic acids is 2. The molecule has 5 nitrogen and oxygen atoms in total. The highest BCUT2D eigenvalue weighted by molar-refractivity contribution is 6.00. The quantitative estimate of drug-likeness (QED) is 0.516. The van der Waals surface area contributed by atoms with E-state index in [1.54, 1.807) is 13.1 Å². The topological polar surface area (TPSA) is 70.2 Å². The SMILES string of the molecule is CNCCNC(=O)/C(=C\c1ccccc1)NC(C)=O. The van der Waals surface area contributed by atoms with Gasteiger partial charge in [0, 0.05) is 20.0 Å². The Morgan fingerprint density at radius 1 is 1.16 bits per heavy atom. The van der Waals surface area contributed by atoms with Crippen molar-refractivity contribution in [3.8, 4) is 0 Å². The van der Waals surface area contributed by atoms with Gasteiger partial charge in [-0.05, 0) is 18.7 Å². The van der Waals surface area contributed by atoms with Crippen LogP contribution in [0.4, 0.5) is 0 Å². The van der Waals surface area contributed by atoms with Crippen LogP contribution >= 0.6 is 0 Å². The van der Waals surface area contributed by atoms with E-state index in [0.29, 0.717) is 13.1 Å². The molecule has 0 fully saturated rings. The van der Waals surface area contributed by atoms with Crippen molar-refractivity contribution in [2.75, 3.05) is 20.1 Å². The standard InChI is InChI=1S/C14H19N3O2/c1-11(18)17-13(14(19)16-9-8-15-2)10-12-6-4-3-5-7-12/h3-7,10,15H,8-9H2,1-2H3,(H,16,19)(H,17,18)/b13-10+. The fourth-order valence-electron chi connectivity index (χ4n) is 1.46. The molecular weight excluding hydrogens is 242 g/mol. The summed E-state index contributed by atoms with van der Waals surface area (Å²) >= 11 is 0. The lowest BCUT2D eigenvalue weighted by atomic mass is 10.2. The average Bonchev–Trinajstić information content (AvgIpc) is 2.39. The van der Waals surface area contributed by atoms with Gasteiger partial charge in [-0.2, -0.15) is 0 Å². The first-order chi connectivity index (χ1) is 9.13. The highest BCUT2D eigenvalue weighted by Gasteiger charge is 2.10. The van der Waals surface area contributed by atoms with Crippen molar-refractivity contribution in [2.45, 2.75) is 6.92 Å². The maximum absolute atomic E-state index is 11.9. The third kappa shape index (κ3) is 5.83. The van der Waals surface area contributed by atoms with Crippen LogP contribution in [-0.2, 0) is 9.59 Å². The normalized spacial score (nSPS) is 10.9. The molecule has 0 aromatic heterocycles. The summed E-state index contributed by atoms with van der Waals surface area (Å²) in [5.74, 6) is -0.569. The minimum atomic E-state index is -0.297. The molecule has 5 heteroatoms. The number of carbonyl (C=O) groups is 2. The number of hydrogen-bond donors (Lipinski definition) is 3. The summed E-state index contributed by atoms with van der Waals surface area (Å²) in [7, 11) is 1.81. The first-order valence-corrected chi connectivity index (χ1v) is 6.10. The molecule has 0 radical (unpaired) electrons. The van der Waals surface area contributed by atoms with Gasteiger partial charge in [-0.25, -0.2) is 0 Å². The van der Waals surface area contributed by atoms with Gasteiger partial charge in [0.05, 0.1) is 0 Å². The number of nitrogens with one attached hydrogen (secondary N) is 3. The molecule has 0 saturated carbocycles. The Balaban J connectivity index is 2.79. The second kappa shape index (κ2) is 8.05. The Labute approximate surface area is 113 Å². The summed E-state index contributed by atoms with van der Waals surface area (Å²) < 4.78 is 0. The minimum Gasteiger partial charge on any atom is -0.349 e. The molecule has 0 aliphatic carbocycles. The molecular formula is C14H19N3O2. The summed E-state index contributed by atoms with van der Waals surface area (Å²) in [6.45, 7) is 2.55. The molecule has 0 aliphatic rings. The van der Waals surface area contributed by atoms with Gasteiger partial charge in [0.15, 0.2) is 0 Å². The van der Waals surface area contributed by atoms with Crippen LogP contribution in [0.5, 0.6) is 0 Å². The van der Waals surface area contributed by atoms with Crippen molar-refractivity contribution in [1.29, 1.82) is 0 Å². The zero-order valence-corrected chi connectivity index (χ0v) is 11.2. The van der Waals surface area contributed by atoms with E-state index >= 15 is 0 Å². The maximum atomic E-state index is 11.9. The predicted molar refractivity (Wildman–Crippen MR) is 75.2 cm³/mol. The van der Waals surface area contributed by atoms with E-state index in [9.17, 15) is 9.59 Å². The van der Waals surface area contributed by atoms with Crippen molar-refractivity contribution >= 4 is 17.9 Å². The van der Waals surface area contributed by atoms with Crippen LogP contribution in [0, 0.1) is 0 Å². The van der Waals surface area contributed by atoms with Crippen molar-refractivity contribution in [3.05, 3.63) is 41.6 Å². The van der Waals surface area contributed by atoms with E-state index < -0.39 is 0 Å². The van der Waals surface area contributed by atoms with Crippen LogP contribution in [0.3, 0.4) is 0 Å². The third-order valence-corrected chi connectivity index (χ3v) is 2.33. The smallest absolute Gasteiger partial charge is 0.267 e. The van der Waals surface area contributed by atoms with Gasteiger partial charge < -0.3 is 16.0 Å². The molecule has 0 aliphatic heterocycles. The molecule has 0 unspecified atom stereocenters. The summed E-state index contributed by atoms with van der Waals surface area (Å²) in [5.41, 5.74) is 1.10. The highest BCUT2D eigenvalue weighted by Crippen LogP contribution is 2.04. The predicted octanol–water partition coefficient (Wildman–Crippen LogP) is 0.499. The number of hydrogen-bond acceptors (Lipinski definition) is 3. The van der Waals surface area contributed by atoms with Crippen LogP contribution in [-0.4, -0.2) is 32.0 Å². The molecule has 19 heavy (non-hydrogen) atoms. The van der Waals surface area contributed by atoms with E-state index in [-0.39, 0.29) is 17.5 Å². The van der Waals surface area contributed by atoms with E-state index in [1.807, 2.05) is 30.3 Å². The molecule has 0 atom stereocenters. The Bertz CT molecular complexity index is 455. The zero-order valence-electron chi connectivity index (χ0n) is 11.2. The average molecular weight is 261 g/mol. The third-order valence-electron chi connectivity index (χ3n) is 2.33. The molecule has 1 aromatic rings. The molecule has 1 aromatic carbocycles. The molecule has 0 heterocycles. The lowest BCUT2D eigenvalue weighted by Gasteiger charge is -2.09. The van der Waals surface area contributed by atoms with Gasteiger partial charge in [-0.15, -0.1) is 0 Å². The Kier molecular flexibility index (Phi) is 6.32. The second-order valence-electron chi connectivity index (χ2n) is 4.01. The molecule has 102 valence electrons. The molecule has 1 rings (SSSR count). The summed E-state index contributed by atoms with van der Waals surface area (Å²) in [4.78, 5) is 23.1. The highest BCUT2D eigenvalue weighted by atomic mass is 16.2. The largest absolute Gasteiger partial charge is 0.349 e. The molecule has 2 amide bonds. The van der Waals surface area contributed by atoms with Crippen LogP contribution < -0.4 is 16.0 Å². The second-order valence-corrected chi connectivity index (χ2v) is 4.01. The van der Waals surface area contributed by atoms with Gasteiger partial charge in [-0.1, -0.05) is 30.3 Å². The number of benzene rings is 1. The summed E-state index contributed by atoms with van der Waals surface area (Å²) in [5, 5.41) is 8.20. The van der Waals surface area contributed by atoms with Crippen LogP contribution in [0.25, 0.3) is 6.08 Å². The van der Waals surface area contributed by atoms with Crippen LogP contribution in [0.1, 0.15) is 12.5 Å². The lowest BCUT2D eigenvalue weighted by molar-refractivity contribution is -0.122. The van der Waals surface area contributed by atoms with E-state index in [4.69, 9.17) is 0 Å². The number of rotatable bonds is 6. The molecule has 0 spiro atoms. The number of amides is 2. The van der Waals surface area contributed by atoms with Gasteiger partial charge in [0.1, 0.15) is 5.70 Å². The van der Waals surface area contributed by atoms with Gasteiger partial charge in [-0.3, -0.25) is 9.59 Å². The zero-order chi connectivity index (χ0) is 14.1. The van der Waals surface area contributed by atoms with Crippen LogP contribution in [0.2, 0.25) is 0 Å². The molecule has 0 bridgehead atoms. The van der Waals surface area contributed by atoms with Gasteiger partial charge >= 0.3 is 0 Å². The monoisotopic (exact) mass is 261 g/mol. The maximum Gasteiger partial charge on any atom is 0.267 e.